The summed E-state index contributed by atoms with van der Waals surface area (Å²) < 4.78 is 11.8. The Morgan fingerprint density at radius 3 is 2.22 bits per heavy atom. The quantitative estimate of drug-likeness (QED) is 0.423. The van der Waals surface area contributed by atoms with Crippen LogP contribution in [0.2, 0.25) is 0 Å². The van der Waals surface area contributed by atoms with E-state index in [0.29, 0.717) is 12.0 Å². The number of hydrogen-bond donors (Lipinski definition) is 2. The lowest BCUT2D eigenvalue weighted by atomic mass is 9.87. The van der Waals surface area contributed by atoms with E-state index in [-0.39, 0.29) is 5.41 Å². The predicted octanol–water partition coefficient (Wildman–Crippen LogP) is 4.44. The summed E-state index contributed by atoms with van der Waals surface area (Å²) in [6, 6.07) is 8.57. The second kappa shape index (κ2) is 14.1. The summed E-state index contributed by atoms with van der Waals surface area (Å²) in [7, 11) is 1.86. The van der Waals surface area contributed by atoms with Gasteiger partial charge in [0.15, 0.2) is 0 Å². The molecule has 182 valence electrons. The largest absolute Gasteiger partial charge is 0.494 e. The van der Waals surface area contributed by atoms with Crippen LogP contribution in [-0.4, -0.2) is 66.5 Å². The van der Waals surface area contributed by atoms with Gasteiger partial charge in [0.25, 0.3) is 0 Å². The number of methoxy groups -OCH3 is 1. The van der Waals surface area contributed by atoms with E-state index in [1.165, 1.54) is 44.3 Å². The van der Waals surface area contributed by atoms with E-state index in [2.05, 4.69) is 56.9 Å². The number of aliphatic carboxylic acids is 2. The van der Waals surface area contributed by atoms with Crippen LogP contribution in [0.3, 0.4) is 0 Å². The maximum Gasteiger partial charge on any atom is 0.414 e. The molecule has 0 saturated carbocycles. The van der Waals surface area contributed by atoms with E-state index in [0.717, 1.165) is 25.3 Å². The molecule has 0 aliphatic carbocycles. The summed E-state index contributed by atoms with van der Waals surface area (Å²) in [5.74, 6) is -2.06. The van der Waals surface area contributed by atoms with Crippen molar-refractivity contribution >= 4 is 11.9 Å². The minimum Gasteiger partial charge on any atom is -0.494 e. The van der Waals surface area contributed by atoms with Gasteiger partial charge in [-0.1, -0.05) is 52.7 Å². The Bertz CT molecular complexity index is 671. The Hall–Kier alpha value is -2.12. The summed E-state index contributed by atoms with van der Waals surface area (Å²) in [6.45, 7) is 13.2. The number of nitrogens with zero attached hydrogens (tertiary/aromatic N) is 1. The minimum atomic E-state index is -1.82. The van der Waals surface area contributed by atoms with E-state index in [1.54, 1.807) is 0 Å². The number of carboxylic acids is 2. The van der Waals surface area contributed by atoms with Gasteiger partial charge in [-0.05, 0) is 61.4 Å². The normalized spacial score (nSPS) is 19.0. The molecule has 0 unspecified atom stereocenters. The van der Waals surface area contributed by atoms with Gasteiger partial charge >= 0.3 is 11.9 Å². The SMILES string of the molecule is CCCCCN1CC[C@H](CCOc2ccc(C(C)(C)C)cc2)[C@@H](OC)C1.O=C(O)C(=O)O. The fourth-order valence-electron chi connectivity index (χ4n) is 3.79. The lowest BCUT2D eigenvalue weighted by Gasteiger charge is -2.37. The van der Waals surface area contributed by atoms with Crippen LogP contribution in [0.15, 0.2) is 24.3 Å². The number of carboxylic acid groups (broad SMARTS) is 2. The molecule has 1 saturated heterocycles. The minimum absolute atomic E-state index is 0.190. The van der Waals surface area contributed by atoms with Crippen molar-refractivity contribution in [2.75, 3.05) is 33.4 Å². The summed E-state index contributed by atoms with van der Waals surface area (Å²) in [5.41, 5.74) is 1.54. The molecule has 1 aliphatic rings. The number of carbonyl (C=O) groups is 2. The number of hydrogen-bond acceptors (Lipinski definition) is 5. The number of ether oxygens (including phenoxy) is 2. The van der Waals surface area contributed by atoms with Crippen molar-refractivity contribution < 1.29 is 29.3 Å². The Morgan fingerprint density at radius 1 is 1.09 bits per heavy atom. The molecule has 0 amide bonds. The highest BCUT2D eigenvalue weighted by molar-refractivity contribution is 6.27. The van der Waals surface area contributed by atoms with Crippen molar-refractivity contribution in [3.63, 3.8) is 0 Å². The van der Waals surface area contributed by atoms with Crippen LogP contribution in [0.5, 0.6) is 5.75 Å². The van der Waals surface area contributed by atoms with E-state index in [4.69, 9.17) is 29.3 Å². The van der Waals surface area contributed by atoms with Crippen molar-refractivity contribution in [1.29, 1.82) is 0 Å². The highest BCUT2D eigenvalue weighted by Crippen LogP contribution is 2.26. The third-order valence-electron chi connectivity index (χ3n) is 5.82. The molecule has 1 aliphatic heterocycles. The molecule has 2 N–H and O–H groups in total. The van der Waals surface area contributed by atoms with Gasteiger partial charge in [-0.3, -0.25) is 0 Å². The Labute approximate surface area is 192 Å². The first kappa shape index (κ1) is 27.9. The fourth-order valence-corrected chi connectivity index (χ4v) is 3.79. The molecule has 0 spiro atoms. The molecule has 1 aromatic rings. The lowest BCUT2D eigenvalue weighted by molar-refractivity contribution is -0.159. The molecule has 7 nitrogen and oxygen atoms in total. The fraction of sp³-hybridized carbons (Fsp3) is 0.680. The van der Waals surface area contributed by atoms with Crippen LogP contribution < -0.4 is 4.74 Å². The maximum absolute atomic E-state index is 9.10. The van der Waals surface area contributed by atoms with Crippen molar-refractivity contribution in [2.24, 2.45) is 5.92 Å². The Balaban J connectivity index is 0.000000751. The molecule has 2 atom stereocenters. The van der Waals surface area contributed by atoms with Gasteiger partial charge in [0.05, 0.1) is 12.7 Å². The topological polar surface area (TPSA) is 96.3 Å². The molecule has 2 rings (SSSR count). The molecule has 1 fully saturated rings. The van der Waals surface area contributed by atoms with Crippen LogP contribution in [0, 0.1) is 5.92 Å². The second-order valence-electron chi connectivity index (χ2n) is 9.35. The zero-order chi connectivity index (χ0) is 24.1. The third kappa shape index (κ3) is 10.5. The predicted molar refractivity (Wildman–Crippen MR) is 125 cm³/mol. The van der Waals surface area contributed by atoms with E-state index >= 15 is 0 Å². The summed E-state index contributed by atoms with van der Waals surface area (Å²) in [6.07, 6.45) is 6.57. The lowest BCUT2D eigenvalue weighted by Crippen LogP contribution is -2.45. The van der Waals surface area contributed by atoms with Crippen LogP contribution in [0.25, 0.3) is 0 Å². The number of piperidine rings is 1. The van der Waals surface area contributed by atoms with E-state index < -0.39 is 11.9 Å². The molecule has 0 aromatic heterocycles. The van der Waals surface area contributed by atoms with Gasteiger partial charge in [0.2, 0.25) is 0 Å². The molecule has 7 heteroatoms. The van der Waals surface area contributed by atoms with Crippen LogP contribution >= 0.6 is 0 Å². The van der Waals surface area contributed by atoms with Crippen molar-refractivity contribution in [3.8, 4) is 5.75 Å². The van der Waals surface area contributed by atoms with Crippen molar-refractivity contribution in [2.45, 2.75) is 71.3 Å². The van der Waals surface area contributed by atoms with Crippen LogP contribution in [0.1, 0.15) is 65.4 Å². The molecule has 1 aromatic carbocycles. The maximum atomic E-state index is 9.10. The smallest absolute Gasteiger partial charge is 0.414 e. The van der Waals surface area contributed by atoms with Gasteiger partial charge < -0.3 is 24.6 Å². The third-order valence-corrected chi connectivity index (χ3v) is 5.82. The summed E-state index contributed by atoms with van der Waals surface area (Å²) >= 11 is 0. The second-order valence-corrected chi connectivity index (χ2v) is 9.35. The molecule has 0 bridgehead atoms. The first-order chi connectivity index (χ1) is 15.1. The van der Waals surface area contributed by atoms with Crippen molar-refractivity contribution in [3.05, 3.63) is 29.8 Å². The Kier molecular flexibility index (Phi) is 12.3. The summed E-state index contributed by atoms with van der Waals surface area (Å²) in [4.78, 5) is 20.8. The van der Waals surface area contributed by atoms with Crippen LogP contribution in [0.4, 0.5) is 0 Å². The number of benzene rings is 1. The highest BCUT2D eigenvalue weighted by atomic mass is 16.5. The molecule has 0 radical (unpaired) electrons. The average Bonchev–Trinajstić information content (AvgIpc) is 2.74. The Morgan fingerprint density at radius 2 is 1.72 bits per heavy atom. The molecule has 1 heterocycles. The van der Waals surface area contributed by atoms with Gasteiger partial charge in [0, 0.05) is 13.7 Å². The molecular weight excluding hydrogens is 410 g/mol. The van der Waals surface area contributed by atoms with E-state index in [1.807, 2.05) is 7.11 Å². The van der Waals surface area contributed by atoms with E-state index in [9.17, 15) is 0 Å². The number of unbranched alkanes of at least 4 members (excludes halogenated alkanes) is 2. The highest BCUT2D eigenvalue weighted by Gasteiger charge is 2.28. The number of likely N-dealkylation sites (tertiary alicyclic amines) is 1. The summed E-state index contributed by atoms with van der Waals surface area (Å²) in [5, 5.41) is 14.8. The van der Waals surface area contributed by atoms with Crippen molar-refractivity contribution in [1.82, 2.24) is 4.90 Å². The standard InChI is InChI=1S/C23H39NO2.C2H2O4/c1-6-7-8-15-24-16-13-19(22(18-24)25-5)14-17-26-21-11-9-20(10-12-21)23(2,3)4;3-1(4)2(5)6/h9-12,19,22H,6-8,13-18H2,1-5H3;(H,3,4)(H,5,6)/t19-,22+;/m1./s1. The van der Waals surface area contributed by atoms with Gasteiger partial charge in [-0.25, -0.2) is 9.59 Å². The van der Waals surface area contributed by atoms with Gasteiger partial charge in [-0.2, -0.15) is 0 Å². The number of rotatable bonds is 9. The first-order valence-electron chi connectivity index (χ1n) is 11.5. The van der Waals surface area contributed by atoms with Crippen LogP contribution in [-0.2, 0) is 19.7 Å². The first-order valence-corrected chi connectivity index (χ1v) is 11.5. The van der Waals surface area contributed by atoms with Gasteiger partial charge in [-0.15, -0.1) is 0 Å². The monoisotopic (exact) mass is 451 g/mol. The zero-order valence-corrected chi connectivity index (χ0v) is 20.3. The van der Waals surface area contributed by atoms with Gasteiger partial charge in [0.1, 0.15) is 5.75 Å². The molecular formula is C25H41NO6. The average molecular weight is 452 g/mol. The zero-order valence-electron chi connectivity index (χ0n) is 20.3. The molecule has 32 heavy (non-hydrogen) atoms.